The number of nitrogens with two attached hydrogens (primary N) is 1. The number of aryl methyl sites for hydroxylation is 2. The number of hydrogen-bond acceptors (Lipinski definition) is 4. The Labute approximate surface area is 150 Å². The number of anilines is 1. The zero-order valence-electron chi connectivity index (χ0n) is 14.4. The Morgan fingerprint density at radius 3 is 2.59 bits per heavy atom. The van der Waals surface area contributed by atoms with Crippen molar-refractivity contribution in [3.05, 3.63) is 58.0 Å². The molecule has 4 aromatic rings. The molecule has 0 atom stereocenters. The SMILES string of the molecule is CCn1c(=O)c2ncoc2c2cc(F)c(-c3cc(N)c(F)cc3F)c(C)c21. The first-order valence-corrected chi connectivity index (χ1v) is 8.18. The van der Waals surface area contributed by atoms with Crippen molar-refractivity contribution in [2.45, 2.75) is 20.4 Å². The standard InChI is InChI=1S/C19H14F3N3O2/c1-3-25-17-8(2)15(9-5-14(23)12(21)6-11(9)20)13(22)4-10(17)18-16(19(25)26)24-7-27-18/h4-7H,3,23H2,1-2H3. The van der Waals surface area contributed by atoms with E-state index >= 15 is 0 Å². The first kappa shape index (κ1) is 17.1. The van der Waals surface area contributed by atoms with E-state index < -0.39 is 23.0 Å². The minimum atomic E-state index is -0.950. The molecule has 0 radical (unpaired) electrons. The Morgan fingerprint density at radius 1 is 1.15 bits per heavy atom. The lowest BCUT2D eigenvalue weighted by molar-refractivity contribution is 0.585. The first-order chi connectivity index (χ1) is 12.8. The van der Waals surface area contributed by atoms with E-state index in [1.54, 1.807) is 13.8 Å². The fraction of sp³-hybridized carbons (Fsp3) is 0.158. The van der Waals surface area contributed by atoms with Crippen LogP contribution in [-0.4, -0.2) is 9.55 Å². The summed E-state index contributed by atoms with van der Waals surface area (Å²) < 4.78 is 49.6. The van der Waals surface area contributed by atoms with Crippen LogP contribution in [0.25, 0.3) is 33.1 Å². The summed E-state index contributed by atoms with van der Waals surface area (Å²) in [6, 6.07) is 2.82. The molecule has 5 nitrogen and oxygen atoms in total. The van der Waals surface area contributed by atoms with E-state index in [0.29, 0.717) is 22.5 Å². The molecular formula is C19H14F3N3O2. The predicted molar refractivity (Wildman–Crippen MR) is 95.9 cm³/mol. The molecule has 2 heterocycles. The van der Waals surface area contributed by atoms with E-state index in [-0.39, 0.29) is 34.5 Å². The average molecular weight is 373 g/mol. The van der Waals surface area contributed by atoms with Gasteiger partial charge < -0.3 is 14.7 Å². The lowest BCUT2D eigenvalue weighted by Crippen LogP contribution is -2.21. The fourth-order valence-corrected chi connectivity index (χ4v) is 3.50. The number of pyridine rings is 1. The molecular weight excluding hydrogens is 359 g/mol. The Bertz CT molecular complexity index is 1290. The summed E-state index contributed by atoms with van der Waals surface area (Å²) in [5.41, 5.74) is 5.52. The molecule has 0 bridgehead atoms. The third kappa shape index (κ3) is 2.33. The number of nitrogen functional groups attached to an aromatic ring is 1. The van der Waals surface area contributed by atoms with Crippen molar-refractivity contribution < 1.29 is 17.6 Å². The van der Waals surface area contributed by atoms with Gasteiger partial charge in [-0.3, -0.25) is 4.79 Å². The molecule has 0 unspecified atom stereocenters. The largest absolute Gasteiger partial charge is 0.443 e. The Hall–Kier alpha value is -3.29. The molecule has 0 saturated heterocycles. The van der Waals surface area contributed by atoms with Crippen molar-refractivity contribution in [2.75, 3.05) is 5.73 Å². The van der Waals surface area contributed by atoms with Gasteiger partial charge in [-0.2, -0.15) is 0 Å². The van der Waals surface area contributed by atoms with Crippen molar-refractivity contribution in [1.82, 2.24) is 9.55 Å². The van der Waals surface area contributed by atoms with Gasteiger partial charge in [0.25, 0.3) is 5.56 Å². The van der Waals surface area contributed by atoms with Gasteiger partial charge in [0.15, 0.2) is 17.5 Å². The minimum absolute atomic E-state index is 0.0906. The van der Waals surface area contributed by atoms with Crippen LogP contribution < -0.4 is 11.3 Å². The van der Waals surface area contributed by atoms with Gasteiger partial charge in [-0.15, -0.1) is 0 Å². The zero-order valence-corrected chi connectivity index (χ0v) is 14.4. The van der Waals surface area contributed by atoms with E-state index in [1.165, 1.54) is 4.57 Å². The molecule has 0 aliphatic carbocycles. The van der Waals surface area contributed by atoms with Crippen LogP contribution in [0.5, 0.6) is 0 Å². The minimum Gasteiger partial charge on any atom is -0.443 e. The maximum atomic E-state index is 15.0. The number of benzene rings is 2. The Balaban J connectivity index is 2.21. The van der Waals surface area contributed by atoms with E-state index in [1.807, 2.05) is 0 Å². The first-order valence-electron chi connectivity index (χ1n) is 8.18. The van der Waals surface area contributed by atoms with E-state index in [2.05, 4.69) is 4.98 Å². The van der Waals surface area contributed by atoms with E-state index in [9.17, 15) is 18.0 Å². The van der Waals surface area contributed by atoms with Crippen molar-refractivity contribution in [1.29, 1.82) is 0 Å². The second-order valence-electron chi connectivity index (χ2n) is 6.19. The molecule has 0 fully saturated rings. The van der Waals surface area contributed by atoms with Gasteiger partial charge in [0.1, 0.15) is 17.5 Å². The molecule has 0 saturated carbocycles. The maximum Gasteiger partial charge on any atom is 0.280 e. The second-order valence-corrected chi connectivity index (χ2v) is 6.19. The monoisotopic (exact) mass is 373 g/mol. The highest BCUT2D eigenvalue weighted by molar-refractivity contribution is 6.04. The van der Waals surface area contributed by atoms with Crippen LogP contribution in [0, 0.1) is 24.4 Å². The molecule has 138 valence electrons. The molecule has 0 aliphatic rings. The third-order valence-corrected chi connectivity index (χ3v) is 4.70. The molecule has 2 aromatic carbocycles. The number of halogens is 3. The number of rotatable bonds is 2. The summed E-state index contributed by atoms with van der Waals surface area (Å²) in [5.74, 6) is -2.62. The topological polar surface area (TPSA) is 74.0 Å². The zero-order chi connectivity index (χ0) is 19.5. The van der Waals surface area contributed by atoms with Gasteiger partial charge in [0.2, 0.25) is 0 Å². The van der Waals surface area contributed by atoms with Crippen LogP contribution >= 0.6 is 0 Å². The molecule has 2 N–H and O–H groups in total. The molecule has 0 amide bonds. The van der Waals surface area contributed by atoms with Gasteiger partial charge in [0.05, 0.1) is 11.2 Å². The van der Waals surface area contributed by atoms with Crippen LogP contribution in [0.2, 0.25) is 0 Å². The normalized spacial score (nSPS) is 11.6. The highest BCUT2D eigenvalue weighted by Gasteiger charge is 2.23. The molecule has 4 rings (SSSR count). The number of nitrogens with zero attached hydrogens (tertiary/aromatic N) is 2. The van der Waals surface area contributed by atoms with Crippen LogP contribution in [0.3, 0.4) is 0 Å². The fourth-order valence-electron chi connectivity index (χ4n) is 3.50. The maximum absolute atomic E-state index is 15.0. The Morgan fingerprint density at radius 2 is 1.89 bits per heavy atom. The smallest absolute Gasteiger partial charge is 0.280 e. The summed E-state index contributed by atoms with van der Waals surface area (Å²) >= 11 is 0. The summed E-state index contributed by atoms with van der Waals surface area (Å²) in [6.45, 7) is 3.61. The van der Waals surface area contributed by atoms with E-state index in [4.69, 9.17) is 10.2 Å². The van der Waals surface area contributed by atoms with Crippen LogP contribution in [0.4, 0.5) is 18.9 Å². The lowest BCUT2D eigenvalue weighted by Gasteiger charge is -2.16. The number of fused-ring (bicyclic) bond motifs is 3. The second kappa shape index (κ2) is 5.87. The molecule has 0 aliphatic heterocycles. The van der Waals surface area contributed by atoms with Gasteiger partial charge in [-0.25, -0.2) is 18.2 Å². The Kier molecular flexibility index (Phi) is 3.73. The number of hydrogen-bond donors (Lipinski definition) is 1. The van der Waals surface area contributed by atoms with Gasteiger partial charge in [-0.1, -0.05) is 0 Å². The average Bonchev–Trinajstić information content (AvgIpc) is 3.11. The van der Waals surface area contributed by atoms with Crippen LogP contribution in [-0.2, 0) is 6.54 Å². The molecule has 2 aromatic heterocycles. The molecule has 8 heteroatoms. The number of oxazole rings is 1. The van der Waals surface area contributed by atoms with Crippen molar-refractivity contribution in [3.8, 4) is 11.1 Å². The number of aromatic nitrogens is 2. The van der Waals surface area contributed by atoms with Gasteiger partial charge in [0, 0.05) is 29.1 Å². The van der Waals surface area contributed by atoms with E-state index in [0.717, 1.165) is 18.5 Å². The summed E-state index contributed by atoms with van der Waals surface area (Å²) in [5, 5.41) is 0.346. The summed E-state index contributed by atoms with van der Waals surface area (Å²) in [6.07, 6.45) is 1.12. The lowest BCUT2D eigenvalue weighted by atomic mass is 9.95. The molecule has 0 spiro atoms. The van der Waals surface area contributed by atoms with Crippen molar-refractivity contribution in [3.63, 3.8) is 0 Å². The summed E-state index contributed by atoms with van der Waals surface area (Å²) in [4.78, 5) is 16.6. The van der Waals surface area contributed by atoms with Crippen molar-refractivity contribution in [2.24, 2.45) is 0 Å². The van der Waals surface area contributed by atoms with Gasteiger partial charge >= 0.3 is 0 Å². The summed E-state index contributed by atoms with van der Waals surface area (Å²) in [7, 11) is 0. The quantitative estimate of drug-likeness (QED) is 0.536. The highest BCUT2D eigenvalue weighted by Crippen LogP contribution is 2.37. The third-order valence-electron chi connectivity index (χ3n) is 4.70. The predicted octanol–water partition coefficient (Wildman–Crippen LogP) is 4.14. The van der Waals surface area contributed by atoms with Crippen LogP contribution in [0.1, 0.15) is 12.5 Å². The van der Waals surface area contributed by atoms with Gasteiger partial charge in [-0.05, 0) is 31.5 Å². The van der Waals surface area contributed by atoms with Crippen molar-refractivity contribution >= 4 is 27.7 Å². The highest BCUT2D eigenvalue weighted by atomic mass is 19.1. The van der Waals surface area contributed by atoms with Crippen LogP contribution in [0.15, 0.2) is 33.8 Å². The molecule has 27 heavy (non-hydrogen) atoms.